The molecule has 0 radical (unpaired) electrons. The SMILES string of the molecule is O=[N+]([O-])c1ccc(OCc2nnc(-c3ccco3)o2)c(-c2cccs2)c1. The molecule has 1 aromatic carbocycles. The van der Waals surface area contributed by atoms with Gasteiger partial charge in [0.1, 0.15) is 5.75 Å². The number of hydrogen-bond donors (Lipinski definition) is 0. The lowest BCUT2D eigenvalue weighted by Gasteiger charge is -2.08. The molecular formula is C17H11N3O5S. The smallest absolute Gasteiger partial charge is 0.283 e. The fourth-order valence-corrected chi connectivity index (χ4v) is 3.08. The zero-order chi connectivity index (χ0) is 17.9. The third-order valence-electron chi connectivity index (χ3n) is 3.51. The van der Waals surface area contributed by atoms with E-state index in [-0.39, 0.29) is 24.1 Å². The molecule has 0 saturated carbocycles. The third-order valence-corrected chi connectivity index (χ3v) is 4.41. The van der Waals surface area contributed by atoms with Gasteiger partial charge in [-0.2, -0.15) is 0 Å². The predicted molar refractivity (Wildman–Crippen MR) is 92.7 cm³/mol. The number of nitro benzene ring substituents is 1. The van der Waals surface area contributed by atoms with Crippen LogP contribution in [0, 0.1) is 10.1 Å². The Bertz CT molecular complexity index is 1020. The normalized spacial score (nSPS) is 10.8. The molecule has 0 amide bonds. The van der Waals surface area contributed by atoms with E-state index in [0.717, 1.165) is 4.88 Å². The van der Waals surface area contributed by atoms with Crippen molar-refractivity contribution in [2.75, 3.05) is 0 Å². The van der Waals surface area contributed by atoms with Crippen LogP contribution in [-0.2, 0) is 6.61 Å². The van der Waals surface area contributed by atoms with Gasteiger partial charge in [0.25, 0.3) is 17.5 Å². The molecule has 0 aliphatic rings. The summed E-state index contributed by atoms with van der Waals surface area (Å²) in [6.07, 6.45) is 1.51. The minimum Gasteiger partial charge on any atom is -0.483 e. The van der Waals surface area contributed by atoms with E-state index in [9.17, 15) is 10.1 Å². The Morgan fingerprint density at radius 2 is 2.12 bits per heavy atom. The summed E-state index contributed by atoms with van der Waals surface area (Å²) in [5, 5.41) is 20.8. The number of nitro groups is 1. The van der Waals surface area contributed by atoms with Gasteiger partial charge in [-0.05, 0) is 29.6 Å². The van der Waals surface area contributed by atoms with Crippen LogP contribution in [0.25, 0.3) is 22.1 Å². The van der Waals surface area contributed by atoms with E-state index in [1.54, 1.807) is 18.2 Å². The van der Waals surface area contributed by atoms with Crippen LogP contribution in [0.4, 0.5) is 5.69 Å². The van der Waals surface area contributed by atoms with E-state index in [4.69, 9.17) is 13.6 Å². The van der Waals surface area contributed by atoms with Gasteiger partial charge in [-0.3, -0.25) is 10.1 Å². The second-order valence-electron chi connectivity index (χ2n) is 5.18. The molecule has 26 heavy (non-hydrogen) atoms. The maximum Gasteiger partial charge on any atom is 0.283 e. The maximum absolute atomic E-state index is 11.1. The Morgan fingerprint density at radius 1 is 1.19 bits per heavy atom. The molecule has 0 spiro atoms. The number of aromatic nitrogens is 2. The first-order valence-electron chi connectivity index (χ1n) is 7.52. The molecule has 0 unspecified atom stereocenters. The van der Waals surface area contributed by atoms with Crippen LogP contribution in [0.3, 0.4) is 0 Å². The number of rotatable bonds is 6. The Kier molecular flexibility index (Phi) is 4.20. The molecule has 0 fully saturated rings. The second-order valence-corrected chi connectivity index (χ2v) is 6.13. The molecule has 4 rings (SSSR count). The second kappa shape index (κ2) is 6.81. The first-order valence-corrected chi connectivity index (χ1v) is 8.40. The number of non-ortho nitro benzene ring substituents is 1. The van der Waals surface area contributed by atoms with Crippen LogP contribution in [0.15, 0.2) is 62.9 Å². The molecule has 0 aliphatic heterocycles. The molecule has 0 atom stereocenters. The molecule has 0 N–H and O–H groups in total. The van der Waals surface area contributed by atoms with Gasteiger partial charge in [0.2, 0.25) is 0 Å². The van der Waals surface area contributed by atoms with E-state index in [1.807, 2.05) is 17.5 Å². The summed E-state index contributed by atoms with van der Waals surface area (Å²) < 4.78 is 16.5. The van der Waals surface area contributed by atoms with Crippen molar-refractivity contribution in [1.82, 2.24) is 10.2 Å². The highest BCUT2D eigenvalue weighted by Gasteiger charge is 2.16. The number of thiophene rings is 1. The Balaban J connectivity index is 1.57. The third kappa shape index (κ3) is 3.20. The minimum absolute atomic E-state index is 0.00125. The molecular weight excluding hydrogens is 358 g/mol. The maximum atomic E-state index is 11.1. The average molecular weight is 369 g/mol. The van der Waals surface area contributed by atoms with Crippen LogP contribution < -0.4 is 4.74 Å². The predicted octanol–water partition coefficient (Wildman–Crippen LogP) is 4.55. The molecule has 8 nitrogen and oxygen atoms in total. The molecule has 0 aliphatic carbocycles. The van der Waals surface area contributed by atoms with Gasteiger partial charge in [-0.1, -0.05) is 6.07 Å². The summed E-state index contributed by atoms with van der Waals surface area (Å²) in [6.45, 7) is 0.0316. The molecule has 3 heterocycles. The van der Waals surface area contributed by atoms with Crippen LogP contribution in [0.5, 0.6) is 5.75 Å². The fraction of sp³-hybridized carbons (Fsp3) is 0.0588. The van der Waals surface area contributed by atoms with Gasteiger partial charge >= 0.3 is 0 Å². The number of nitrogens with zero attached hydrogens (tertiary/aromatic N) is 3. The van der Waals surface area contributed by atoms with Gasteiger partial charge in [0.05, 0.1) is 11.2 Å². The highest BCUT2D eigenvalue weighted by atomic mass is 32.1. The van der Waals surface area contributed by atoms with Crippen molar-refractivity contribution in [3.8, 4) is 27.8 Å². The Morgan fingerprint density at radius 3 is 2.85 bits per heavy atom. The standard InChI is InChI=1S/C17H11N3O5S/c21-20(22)11-5-6-13(12(9-11)15-4-2-8-26-15)24-10-16-18-19-17(25-16)14-3-1-7-23-14/h1-9H,10H2. The summed E-state index contributed by atoms with van der Waals surface area (Å²) in [5.74, 6) is 1.50. The summed E-state index contributed by atoms with van der Waals surface area (Å²) in [5.41, 5.74) is 0.638. The van der Waals surface area contributed by atoms with E-state index in [0.29, 0.717) is 17.1 Å². The largest absolute Gasteiger partial charge is 0.483 e. The van der Waals surface area contributed by atoms with Gasteiger partial charge in [0.15, 0.2) is 12.4 Å². The highest BCUT2D eigenvalue weighted by Crippen LogP contribution is 2.36. The van der Waals surface area contributed by atoms with Crippen molar-refractivity contribution in [2.24, 2.45) is 0 Å². The van der Waals surface area contributed by atoms with Gasteiger partial charge < -0.3 is 13.6 Å². The van der Waals surface area contributed by atoms with Crippen molar-refractivity contribution in [3.05, 3.63) is 70.1 Å². The van der Waals surface area contributed by atoms with Crippen molar-refractivity contribution < 1.29 is 18.5 Å². The van der Waals surface area contributed by atoms with Crippen LogP contribution >= 0.6 is 11.3 Å². The van der Waals surface area contributed by atoms with Crippen molar-refractivity contribution >= 4 is 17.0 Å². The highest BCUT2D eigenvalue weighted by molar-refractivity contribution is 7.13. The molecule has 9 heteroatoms. The Hall–Kier alpha value is -3.46. The van der Waals surface area contributed by atoms with Gasteiger partial charge in [0, 0.05) is 22.6 Å². The zero-order valence-electron chi connectivity index (χ0n) is 13.2. The lowest BCUT2D eigenvalue weighted by Crippen LogP contribution is -1.98. The quantitative estimate of drug-likeness (QED) is 0.363. The van der Waals surface area contributed by atoms with Crippen LogP contribution in [0.1, 0.15) is 5.89 Å². The summed E-state index contributed by atoms with van der Waals surface area (Å²) in [6, 6.07) is 11.6. The van der Waals surface area contributed by atoms with Crippen LogP contribution in [0.2, 0.25) is 0 Å². The van der Waals surface area contributed by atoms with Crippen molar-refractivity contribution in [2.45, 2.75) is 6.61 Å². The lowest BCUT2D eigenvalue weighted by molar-refractivity contribution is -0.384. The van der Waals surface area contributed by atoms with Crippen molar-refractivity contribution in [1.29, 1.82) is 0 Å². The first-order chi connectivity index (χ1) is 12.7. The van der Waals surface area contributed by atoms with E-state index >= 15 is 0 Å². The monoisotopic (exact) mass is 369 g/mol. The van der Waals surface area contributed by atoms with E-state index in [1.165, 1.54) is 29.7 Å². The summed E-state index contributed by atoms with van der Waals surface area (Å²) in [4.78, 5) is 11.5. The number of benzene rings is 1. The fourth-order valence-electron chi connectivity index (χ4n) is 2.33. The van der Waals surface area contributed by atoms with Crippen LogP contribution in [-0.4, -0.2) is 15.1 Å². The average Bonchev–Trinajstić information content (AvgIpc) is 3.42. The molecule has 0 saturated heterocycles. The zero-order valence-corrected chi connectivity index (χ0v) is 14.0. The molecule has 0 bridgehead atoms. The van der Waals surface area contributed by atoms with E-state index < -0.39 is 4.92 Å². The summed E-state index contributed by atoms with van der Waals surface area (Å²) >= 11 is 1.47. The number of ether oxygens (including phenoxy) is 1. The summed E-state index contributed by atoms with van der Waals surface area (Å²) in [7, 11) is 0. The topological polar surface area (TPSA) is 104 Å². The number of hydrogen-bond acceptors (Lipinski definition) is 8. The molecule has 4 aromatic rings. The van der Waals surface area contributed by atoms with E-state index in [2.05, 4.69) is 10.2 Å². The van der Waals surface area contributed by atoms with Gasteiger partial charge in [-0.15, -0.1) is 21.5 Å². The lowest BCUT2D eigenvalue weighted by atomic mass is 10.1. The first kappa shape index (κ1) is 16.0. The molecule has 3 aromatic heterocycles. The van der Waals surface area contributed by atoms with Gasteiger partial charge in [-0.25, -0.2) is 0 Å². The number of furan rings is 1. The Labute approximate surface area is 150 Å². The minimum atomic E-state index is -0.436. The van der Waals surface area contributed by atoms with Crippen molar-refractivity contribution in [3.63, 3.8) is 0 Å². The molecule has 130 valence electrons.